The van der Waals surface area contributed by atoms with Crippen LogP contribution in [0.15, 0.2) is 30.3 Å². The average Bonchev–Trinajstić information content (AvgIpc) is 3.06. The summed E-state index contributed by atoms with van der Waals surface area (Å²) in [6.45, 7) is 3.19. The maximum atomic E-state index is 12.1. The molecule has 0 spiro atoms. The van der Waals surface area contributed by atoms with E-state index in [0.29, 0.717) is 19.0 Å². The third-order valence-electron chi connectivity index (χ3n) is 3.42. The fourth-order valence-electron chi connectivity index (χ4n) is 2.43. The molecule has 2 atom stereocenters. The fraction of sp³-hybridized carbons (Fsp3) is 0.462. The Labute approximate surface area is 96.0 Å². The van der Waals surface area contributed by atoms with E-state index in [4.69, 9.17) is 5.73 Å². The summed E-state index contributed by atoms with van der Waals surface area (Å²) in [5, 5.41) is 2.92. The Bertz CT molecular complexity index is 377. The number of rotatable bonds is 4. The molecule has 3 heteroatoms. The van der Waals surface area contributed by atoms with Crippen molar-refractivity contribution >= 4 is 5.91 Å². The Balaban J connectivity index is 2.28. The van der Waals surface area contributed by atoms with Gasteiger partial charge in [-0.25, -0.2) is 0 Å². The molecule has 1 aliphatic carbocycles. The van der Waals surface area contributed by atoms with Crippen molar-refractivity contribution in [3.05, 3.63) is 35.9 Å². The summed E-state index contributed by atoms with van der Waals surface area (Å²) < 4.78 is 0. The van der Waals surface area contributed by atoms with Gasteiger partial charge in [0.25, 0.3) is 0 Å². The molecular weight excluding hydrogens is 200 g/mol. The van der Waals surface area contributed by atoms with Crippen LogP contribution in [0, 0.1) is 5.92 Å². The monoisotopic (exact) mass is 218 g/mol. The van der Waals surface area contributed by atoms with Crippen LogP contribution in [-0.4, -0.2) is 19.0 Å². The number of nitrogens with two attached hydrogens (primary N) is 1. The van der Waals surface area contributed by atoms with E-state index in [9.17, 15) is 4.79 Å². The van der Waals surface area contributed by atoms with Gasteiger partial charge in [-0.15, -0.1) is 0 Å². The third kappa shape index (κ3) is 1.61. The van der Waals surface area contributed by atoms with Crippen LogP contribution in [0.5, 0.6) is 0 Å². The van der Waals surface area contributed by atoms with Gasteiger partial charge in [0.05, 0.1) is 5.41 Å². The minimum absolute atomic E-state index is 0.122. The van der Waals surface area contributed by atoms with Crippen molar-refractivity contribution in [3.63, 3.8) is 0 Å². The predicted molar refractivity (Wildman–Crippen MR) is 64.0 cm³/mol. The Morgan fingerprint density at radius 1 is 1.50 bits per heavy atom. The zero-order chi connectivity index (χ0) is 11.6. The standard InChI is InChI=1S/C13H18N2O/c1-2-15-12(16)13(8-11(13)9-14)10-6-4-3-5-7-10/h3-7,11H,2,8-9,14H2,1H3,(H,15,16)/t11-,13?/m1/s1. The smallest absolute Gasteiger partial charge is 0.230 e. The number of nitrogens with one attached hydrogen (secondary N) is 1. The van der Waals surface area contributed by atoms with E-state index in [1.54, 1.807) is 0 Å². The second-order valence-electron chi connectivity index (χ2n) is 4.33. The van der Waals surface area contributed by atoms with Gasteiger partial charge in [-0.3, -0.25) is 4.79 Å². The van der Waals surface area contributed by atoms with E-state index in [1.807, 2.05) is 37.3 Å². The summed E-state index contributed by atoms with van der Waals surface area (Å²) in [6.07, 6.45) is 0.874. The molecule has 1 aliphatic rings. The van der Waals surface area contributed by atoms with Gasteiger partial charge in [0.15, 0.2) is 0 Å². The number of benzene rings is 1. The van der Waals surface area contributed by atoms with Gasteiger partial charge in [0.1, 0.15) is 0 Å². The van der Waals surface area contributed by atoms with Gasteiger partial charge >= 0.3 is 0 Å². The van der Waals surface area contributed by atoms with Crippen LogP contribution in [-0.2, 0) is 10.2 Å². The van der Waals surface area contributed by atoms with Crippen LogP contribution in [0.4, 0.5) is 0 Å². The molecule has 86 valence electrons. The van der Waals surface area contributed by atoms with Crippen molar-refractivity contribution in [1.29, 1.82) is 0 Å². The highest BCUT2D eigenvalue weighted by molar-refractivity contribution is 5.92. The quantitative estimate of drug-likeness (QED) is 0.793. The van der Waals surface area contributed by atoms with Gasteiger partial charge in [0, 0.05) is 6.54 Å². The lowest BCUT2D eigenvalue weighted by Gasteiger charge is -2.16. The van der Waals surface area contributed by atoms with Crippen molar-refractivity contribution in [1.82, 2.24) is 5.32 Å². The zero-order valence-corrected chi connectivity index (χ0v) is 9.57. The lowest BCUT2D eigenvalue weighted by Crippen LogP contribution is -2.37. The summed E-state index contributed by atoms with van der Waals surface area (Å²) in [4.78, 5) is 12.1. The fourth-order valence-corrected chi connectivity index (χ4v) is 2.43. The second kappa shape index (κ2) is 4.26. The molecule has 1 saturated carbocycles. The topological polar surface area (TPSA) is 55.1 Å². The van der Waals surface area contributed by atoms with E-state index < -0.39 is 0 Å². The van der Waals surface area contributed by atoms with Crippen LogP contribution in [0.3, 0.4) is 0 Å². The van der Waals surface area contributed by atoms with Crippen LogP contribution in [0.1, 0.15) is 18.9 Å². The van der Waals surface area contributed by atoms with Gasteiger partial charge in [-0.2, -0.15) is 0 Å². The molecule has 16 heavy (non-hydrogen) atoms. The number of hydrogen-bond donors (Lipinski definition) is 2. The minimum atomic E-state index is -0.355. The molecular formula is C13H18N2O. The van der Waals surface area contributed by atoms with Crippen molar-refractivity contribution in [2.75, 3.05) is 13.1 Å². The molecule has 3 nitrogen and oxygen atoms in total. The Kier molecular flexibility index (Phi) is 2.97. The molecule has 0 aromatic heterocycles. The SMILES string of the molecule is CCNC(=O)C1(c2ccccc2)C[C@@H]1CN. The Morgan fingerprint density at radius 3 is 2.69 bits per heavy atom. The summed E-state index contributed by atoms with van der Waals surface area (Å²) in [5.41, 5.74) is 6.44. The minimum Gasteiger partial charge on any atom is -0.356 e. The molecule has 1 aromatic carbocycles. The largest absolute Gasteiger partial charge is 0.356 e. The first-order valence-corrected chi connectivity index (χ1v) is 5.79. The molecule has 1 aromatic rings. The molecule has 0 bridgehead atoms. The van der Waals surface area contributed by atoms with E-state index in [1.165, 1.54) is 0 Å². The van der Waals surface area contributed by atoms with E-state index >= 15 is 0 Å². The maximum absolute atomic E-state index is 12.1. The molecule has 3 N–H and O–H groups in total. The molecule has 0 radical (unpaired) electrons. The van der Waals surface area contributed by atoms with Crippen LogP contribution in [0.25, 0.3) is 0 Å². The maximum Gasteiger partial charge on any atom is 0.230 e. The van der Waals surface area contributed by atoms with Gasteiger partial charge in [-0.1, -0.05) is 30.3 Å². The van der Waals surface area contributed by atoms with Gasteiger partial charge in [0.2, 0.25) is 5.91 Å². The van der Waals surface area contributed by atoms with Gasteiger partial charge < -0.3 is 11.1 Å². The molecule has 1 fully saturated rings. The number of hydrogen-bond acceptors (Lipinski definition) is 2. The first kappa shape index (κ1) is 11.1. The normalized spacial score (nSPS) is 27.5. The molecule has 0 aliphatic heterocycles. The van der Waals surface area contributed by atoms with Crippen molar-refractivity contribution < 1.29 is 4.79 Å². The van der Waals surface area contributed by atoms with Crippen LogP contribution in [0.2, 0.25) is 0 Å². The highest BCUT2D eigenvalue weighted by Gasteiger charge is 2.59. The zero-order valence-electron chi connectivity index (χ0n) is 9.57. The van der Waals surface area contributed by atoms with E-state index in [-0.39, 0.29) is 11.3 Å². The van der Waals surface area contributed by atoms with Crippen molar-refractivity contribution in [2.24, 2.45) is 11.7 Å². The third-order valence-corrected chi connectivity index (χ3v) is 3.42. The molecule has 1 unspecified atom stereocenters. The lowest BCUT2D eigenvalue weighted by molar-refractivity contribution is -0.123. The van der Waals surface area contributed by atoms with Crippen molar-refractivity contribution in [3.8, 4) is 0 Å². The first-order valence-electron chi connectivity index (χ1n) is 5.79. The summed E-state index contributed by atoms with van der Waals surface area (Å²) in [6, 6.07) is 9.95. The van der Waals surface area contributed by atoms with E-state index in [2.05, 4.69) is 5.32 Å². The molecule has 0 saturated heterocycles. The number of carbonyl (C=O) groups is 1. The second-order valence-corrected chi connectivity index (χ2v) is 4.33. The highest BCUT2D eigenvalue weighted by atomic mass is 16.2. The number of amides is 1. The summed E-state index contributed by atoms with van der Waals surface area (Å²) in [7, 11) is 0. The summed E-state index contributed by atoms with van der Waals surface area (Å²) in [5.74, 6) is 0.415. The Hall–Kier alpha value is -1.35. The van der Waals surface area contributed by atoms with Gasteiger partial charge in [-0.05, 0) is 31.4 Å². The molecule has 0 heterocycles. The Morgan fingerprint density at radius 2 is 2.19 bits per heavy atom. The first-order chi connectivity index (χ1) is 7.75. The highest BCUT2D eigenvalue weighted by Crippen LogP contribution is 2.53. The number of carbonyl (C=O) groups excluding carboxylic acids is 1. The number of likely N-dealkylation sites (N-methyl/N-ethyl adjacent to an activating group) is 1. The van der Waals surface area contributed by atoms with Crippen LogP contribution < -0.4 is 11.1 Å². The lowest BCUT2D eigenvalue weighted by atomic mass is 9.92. The molecule has 2 rings (SSSR count). The average molecular weight is 218 g/mol. The van der Waals surface area contributed by atoms with Crippen molar-refractivity contribution in [2.45, 2.75) is 18.8 Å². The van der Waals surface area contributed by atoms with Crippen LogP contribution >= 0.6 is 0 Å². The molecule has 1 amide bonds. The summed E-state index contributed by atoms with van der Waals surface area (Å²) >= 11 is 0. The van der Waals surface area contributed by atoms with E-state index in [0.717, 1.165) is 12.0 Å². The predicted octanol–water partition coefficient (Wildman–Crippen LogP) is 1.04.